The third-order valence-corrected chi connectivity index (χ3v) is 3.42. The Balaban J connectivity index is 1.66. The van der Waals surface area contributed by atoms with Crippen molar-refractivity contribution in [1.29, 1.82) is 0 Å². The predicted molar refractivity (Wildman–Crippen MR) is 83.2 cm³/mol. The number of hydrogen-bond acceptors (Lipinski definition) is 4. The van der Waals surface area contributed by atoms with E-state index in [4.69, 9.17) is 4.74 Å². The number of amidine groups is 1. The third kappa shape index (κ3) is 3.67. The highest BCUT2D eigenvalue weighted by Crippen LogP contribution is 2.13. The van der Waals surface area contributed by atoms with Crippen LogP contribution in [0, 0.1) is 0 Å². The van der Waals surface area contributed by atoms with Crippen LogP contribution in [0.2, 0.25) is 0 Å². The molecule has 1 aromatic carbocycles. The van der Waals surface area contributed by atoms with Crippen molar-refractivity contribution in [2.75, 3.05) is 13.1 Å². The number of pyridine rings is 1. The SMILES string of the molecule is c1cncc(COCc2ccccc2C2=NCCCN2)c1. The van der Waals surface area contributed by atoms with Gasteiger partial charge in [-0.2, -0.15) is 0 Å². The minimum Gasteiger partial charge on any atom is -0.372 e. The molecule has 0 aliphatic carbocycles. The van der Waals surface area contributed by atoms with Crippen molar-refractivity contribution in [2.24, 2.45) is 4.99 Å². The lowest BCUT2D eigenvalue weighted by Crippen LogP contribution is -2.31. The molecule has 2 aromatic rings. The van der Waals surface area contributed by atoms with Gasteiger partial charge in [-0.3, -0.25) is 9.98 Å². The maximum Gasteiger partial charge on any atom is 0.128 e. The van der Waals surface area contributed by atoms with Crippen molar-refractivity contribution in [2.45, 2.75) is 19.6 Å². The van der Waals surface area contributed by atoms with E-state index in [9.17, 15) is 0 Å². The average molecular weight is 281 g/mol. The first-order chi connectivity index (χ1) is 10.4. The summed E-state index contributed by atoms with van der Waals surface area (Å²) >= 11 is 0. The predicted octanol–water partition coefficient (Wildman–Crippen LogP) is 2.54. The lowest BCUT2D eigenvalue weighted by Gasteiger charge is -2.17. The van der Waals surface area contributed by atoms with E-state index in [1.165, 1.54) is 0 Å². The summed E-state index contributed by atoms with van der Waals surface area (Å²) in [5, 5.41) is 3.37. The number of hydrogen-bond donors (Lipinski definition) is 1. The molecule has 4 heteroatoms. The van der Waals surface area contributed by atoms with Crippen molar-refractivity contribution in [3.63, 3.8) is 0 Å². The molecule has 0 fully saturated rings. The van der Waals surface area contributed by atoms with Crippen molar-refractivity contribution in [1.82, 2.24) is 10.3 Å². The molecule has 1 aliphatic rings. The number of benzene rings is 1. The van der Waals surface area contributed by atoms with E-state index in [0.717, 1.165) is 42.0 Å². The summed E-state index contributed by atoms with van der Waals surface area (Å²) in [6.07, 6.45) is 4.70. The second-order valence-corrected chi connectivity index (χ2v) is 5.02. The van der Waals surface area contributed by atoms with E-state index in [-0.39, 0.29) is 0 Å². The molecule has 0 spiro atoms. The fraction of sp³-hybridized carbons (Fsp3) is 0.294. The maximum atomic E-state index is 5.81. The minimum absolute atomic E-state index is 0.572. The first-order valence-corrected chi connectivity index (χ1v) is 7.27. The Labute approximate surface area is 124 Å². The van der Waals surface area contributed by atoms with Gasteiger partial charge in [0.15, 0.2) is 0 Å². The van der Waals surface area contributed by atoms with E-state index in [1.54, 1.807) is 6.20 Å². The summed E-state index contributed by atoms with van der Waals surface area (Å²) in [4.78, 5) is 8.66. The molecule has 21 heavy (non-hydrogen) atoms. The van der Waals surface area contributed by atoms with Gasteiger partial charge in [-0.1, -0.05) is 30.3 Å². The molecular formula is C17H19N3O. The third-order valence-electron chi connectivity index (χ3n) is 3.42. The van der Waals surface area contributed by atoms with Crippen LogP contribution >= 0.6 is 0 Å². The van der Waals surface area contributed by atoms with Gasteiger partial charge in [0.05, 0.1) is 13.2 Å². The summed E-state index contributed by atoms with van der Waals surface area (Å²) in [6.45, 7) is 3.03. The van der Waals surface area contributed by atoms with E-state index < -0.39 is 0 Å². The quantitative estimate of drug-likeness (QED) is 0.916. The Morgan fingerprint density at radius 3 is 2.86 bits per heavy atom. The first-order valence-electron chi connectivity index (χ1n) is 7.27. The highest BCUT2D eigenvalue weighted by Gasteiger charge is 2.11. The van der Waals surface area contributed by atoms with Gasteiger partial charge in [-0.05, 0) is 23.6 Å². The van der Waals surface area contributed by atoms with Gasteiger partial charge in [-0.15, -0.1) is 0 Å². The Morgan fingerprint density at radius 1 is 1.10 bits per heavy atom. The van der Waals surface area contributed by atoms with Gasteiger partial charge in [0, 0.05) is 31.0 Å². The molecule has 0 atom stereocenters. The molecule has 0 unspecified atom stereocenters. The van der Waals surface area contributed by atoms with Crippen LogP contribution in [0.5, 0.6) is 0 Å². The topological polar surface area (TPSA) is 46.5 Å². The second-order valence-electron chi connectivity index (χ2n) is 5.02. The van der Waals surface area contributed by atoms with E-state index >= 15 is 0 Å². The number of aromatic nitrogens is 1. The van der Waals surface area contributed by atoms with Gasteiger partial charge >= 0.3 is 0 Å². The highest BCUT2D eigenvalue weighted by atomic mass is 16.5. The molecule has 1 N–H and O–H groups in total. The molecule has 1 aliphatic heterocycles. The molecule has 0 saturated heterocycles. The summed E-state index contributed by atoms with van der Waals surface area (Å²) < 4.78 is 5.81. The summed E-state index contributed by atoms with van der Waals surface area (Å²) in [5.74, 6) is 0.988. The smallest absolute Gasteiger partial charge is 0.128 e. The van der Waals surface area contributed by atoms with Crippen LogP contribution in [0.1, 0.15) is 23.1 Å². The van der Waals surface area contributed by atoms with E-state index in [0.29, 0.717) is 13.2 Å². The largest absolute Gasteiger partial charge is 0.372 e. The van der Waals surface area contributed by atoms with Crippen LogP contribution in [0.4, 0.5) is 0 Å². The van der Waals surface area contributed by atoms with Gasteiger partial charge in [0.25, 0.3) is 0 Å². The molecule has 1 aromatic heterocycles. The van der Waals surface area contributed by atoms with Gasteiger partial charge in [-0.25, -0.2) is 0 Å². The Bertz CT molecular complexity index is 610. The number of aliphatic imine (C=N–C) groups is 1. The second kappa shape index (κ2) is 6.99. The lowest BCUT2D eigenvalue weighted by atomic mass is 10.1. The molecular weight excluding hydrogens is 262 g/mol. The lowest BCUT2D eigenvalue weighted by molar-refractivity contribution is 0.107. The molecule has 0 saturated carbocycles. The van der Waals surface area contributed by atoms with Crippen LogP contribution in [-0.2, 0) is 18.0 Å². The van der Waals surface area contributed by atoms with Crippen molar-refractivity contribution >= 4 is 5.84 Å². The van der Waals surface area contributed by atoms with Gasteiger partial charge in [0.1, 0.15) is 5.84 Å². The normalized spacial score (nSPS) is 14.4. The fourth-order valence-electron chi connectivity index (χ4n) is 2.35. The Morgan fingerprint density at radius 2 is 2.05 bits per heavy atom. The number of nitrogens with zero attached hydrogens (tertiary/aromatic N) is 2. The maximum absolute atomic E-state index is 5.81. The zero-order valence-corrected chi connectivity index (χ0v) is 12.0. The zero-order chi connectivity index (χ0) is 14.3. The molecule has 0 amide bonds. The van der Waals surface area contributed by atoms with Crippen LogP contribution in [0.25, 0.3) is 0 Å². The zero-order valence-electron chi connectivity index (χ0n) is 12.0. The van der Waals surface area contributed by atoms with Crippen LogP contribution in [-0.4, -0.2) is 23.9 Å². The van der Waals surface area contributed by atoms with Gasteiger partial charge < -0.3 is 10.1 Å². The standard InChI is InChI=1S/C17H19N3O/c1-2-7-16(17-19-9-4-10-20-17)15(6-1)13-21-12-14-5-3-8-18-11-14/h1-3,5-8,11H,4,9-10,12-13H2,(H,19,20). The molecule has 2 heterocycles. The minimum atomic E-state index is 0.572. The number of ether oxygens (including phenoxy) is 1. The number of nitrogens with one attached hydrogen (secondary N) is 1. The van der Waals surface area contributed by atoms with Crippen molar-refractivity contribution < 1.29 is 4.74 Å². The molecule has 108 valence electrons. The van der Waals surface area contributed by atoms with Gasteiger partial charge in [0.2, 0.25) is 0 Å². The van der Waals surface area contributed by atoms with Crippen LogP contribution < -0.4 is 5.32 Å². The fourth-order valence-corrected chi connectivity index (χ4v) is 2.35. The highest BCUT2D eigenvalue weighted by molar-refractivity contribution is 6.00. The van der Waals surface area contributed by atoms with Crippen molar-refractivity contribution in [3.8, 4) is 0 Å². The molecule has 0 bridgehead atoms. The van der Waals surface area contributed by atoms with Crippen LogP contribution in [0.3, 0.4) is 0 Å². The first kappa shape index (κ1) is 13.8. The molecule has 3 rings (SSSR count). The molecule has 4 nitrogen and oxygen atoms in total. The molecule has 0 radical (unpaired) electrons. The Hall–Kier alpha value is -2.20. The summed E-state index contributed by atoms with van der Waals surface area (Å²) in [7, 11) is 0. The summed E-state index contributed by atoms with van der Waals surface area (Å²) in [5.41, 5.74) is 3.39. The van der Waals surface area contributed by atoms with E-state index in [2.05, 4.69) is 27.4 Å². The number of rotatable bonds is 5. The van der Waals surface area contributed by atoms with E-state index in [1.807, 2.05) is 30.5 Å². The average Bonchev–Trinajstić information content (AvgIpc) is 2.57. The van der Waals surface area contributed by atoms with Crippen LogP contribution in [0.15, 0.2) is 53.8 Å². The Kier molecular flexibility index (Phi) is 4.59. The van der Waals surface area contributed by atoms with Crippen molar-refractivity contribution in [3.05, 3.63) is 65.5 Å². The monoisotopic (exact) mass is 281 g/mol. The summed E-state index contributed by atoms with van der Waals surface area (Å²) in [6, 6.07) is 12.2.